The molecule has 0 saturated heterocycles. The predicted molar refractivity (Wildman–Crippen MR) is 82.9 cm³/mol. The molecule has 1 atom stereocenters. The summed E-state index contributed by atoms with van der Waals surface area (Å²) < 4.78 is 11.9. The fourth-order valence-corrected chi connectivity index (χ4v) is 3.33. The summed E-state index contributed by atoms with van der Waals surface area (Å²) in [7, 11) is 1.64. The first kappa shape index (κ1) is 13.5. The van der Waals surface area contributed by atoms with Crippen molar-refractivity contribution in [2.45, 2.75) is 13.0 Å². The van der Waals surface area contributed by atoms with Crippen LogP contribution in [0.5, 0.6) is 5.75 Å². The van der Waals surface area contributed by atoms with Crippen molar-refractivity contribution in [1.29, 1.82) is 0 Å². The van der Waals surface area contributed by atoms with Gasteiger partial charge in [-0.3, -0.25) is 0 Å². The summed E-state index contributed by atoms with van der Waals surface area (Å²) in [6.07, 6.45) is 0. The molecule has 0 aliphatic carbocycles. The van der Waals surface area contributed by atoms with Gasteiger partial charge in [0.25, 0.3) is 0 Å². The standard InChI is InChI=1S/C15H14ClNO2S/c1-8-10-4-3-9(18-2)7-11(10)19-15(8)14(17)12-5-6-13(16)20-12/h3-7,14H,17H2,1-2H3. The molecular formula is C15H14ClNO2S. The number of nitrogens with two attached hydrogens (primary N) is 1. The van der Waals surface area contributed by atoms with Crippen molar-refractivity contribution in [2.24, 2.45) is 5.73 Å². The number of hydrogen-bond acceptors (Lipinski definition) is 4. The second-order valence-electron chi connectivity index (χ2n) is 4.57. The van der Waals surface area contributed by atoms with E-state index in [9.17, 15) is 0 Å². The van der Waals surface area contributed by atoms with Crippen molar-refractivity contribution in [3.05, 3.63) is 50.9 Å². The van der Waals surface area contributed by atoms with Gasteiger partial charge >= 0.3 is 0 Å². The minimum atomic E-state index is -0.300. The highest BCUT2D eigenvalue weighted by Crippen LogP contribution is 2.36. The van der Waals surface area contributed by atoms with Crippen LogP contribution in [0.2, 0.25) is 4.34 Å². The van der Waals surface area contributed by atoms with E-state index in [2.05, 4.69) is 0 Å². The van der Waals surface area contributed by atoms with Crippen molar-refractivity contribution in [3.63, 3.8) is 0 Å². The molecule has 2 aromatic heterocycles. The van der Waals surface area contributed by atoms with Gasteiger partial charge in [-0.05, 0) is 31.2 Å². The summed E-state index contributed by atoms with van der Waals surface area (Å²) in [6, 6.07) is 9.27. The highest BCUT2D eigenvalue weighted by Gasteiger charge is 2.20. The molecule has 5 heteroatoms. The second-order valence-corrected chi connectivity index (χ2v) is 6.32. The Morgan fingerprint density at radius 2 is 2.10 bits per heavy atom. The molecule has 0 aliphatic heterocycles. The van der Waals surface area contributed by atoms with E-state index >= 15 is 0 Å². The molecule has 0 bridgehead atoms. The minimum absolute atomic E-state index is 0.300. The van der Waals surface area contributed by atoms with E-state index in [-0.39, 0.29) is 6.04 Å². The van der Waals surface area contributed by atoms with Crippen molar-refractivity contribution in [3.8, 4) is 5.75 Å². The maximum Gasteiger partial charge on any atom is 0.138 e. The van der Waals surface area contributed by atoms with E-state index in [1.165, 1.54) is 11.3 Å². The Hall–Kier alpha value is -1.49. The normalized spacial score (nSPS) is 12.8. The van der Waals surface area contributed by atoms with Crippen LogP contribution in [0.15, 0.2) is 34.7 Å². The number of benzene rings is 1. The van der Waals surface area contributed by atoms with Crippen LogP contribution in [0, 0.1) is 6.92 Å². The number of hydrogen-bond donors (Lipinski definition) is 1. The van der Waals surface area contributed by atoms with E-state index in [1.807, 2.05) is 37.3 Å². The van der Waals surface area contributed by atoms with Crippen LogP contribution in [0.3, 0.4) is 0 Å². The number of methoxy groups -OCH3 is 1. The molecular weight excluding hydrogens is 294 g/mol. The number of halogens is 1. The van der Waals surface area contributed by atoms with Crippen molar-refractivity contribution in [1.82, 2.24) is 0 Å². The molecule has 0 aliphatic rings. The largest absolute Gasteiger partial charge is 0.497 e. The summed E-state index contributed by atoms with van der Waals surface area (Å²) in [5, 5.41) is 1.05. The van der Waals surface area contributed by atoms with E-state index in [0.29, 0.717) is 0 Å². The lowest BCUT2D eigenvalue weighted by Gasteiger charge is -2.07. The molecule has 2 N–H and O–H groups in total. The molecule has 3 rings (SSSR count). The van der Waals surface area contributed by atoms with Crippen molar-refractivity contribution < 1.29 is 9.15 Å². The molecule has 2 heterocycles. The Morgan fingerprint density at radius 3 is 2.75 bits per heavy atom. The van der Waals surface area contributed by atoms with E-state index < -0.39 is 0 Å². The first-order valence-corrected chi connectivity index (χ1v) is 7.37. The fourth-order valence-electron chi connectivity index (χ4n) is 2.27. The zero-order chi connectivity index (χ0) is 14.3. The van der Waals surface area contributed by atoms with E-state index in [1.54, 1.807) is 7.11 Å². The van der Waals surface area contributed by atoms with Gasteiger partial charge in [-0.2, -0.15) is 0 Å². The van der Waals surface area contributed by atoms with E-state index in [0.717, 1.165) is 37.3 Å². The van der Waals surface area contributed by atoms with Crippen molar-refractivity contribution >= 4 is 33.9 Å². The summed E-state index contributed by atoms with van der Waals surface area (Å²) in [5.74, 6) is 1.54. The van der Waals surface area contributed by atoms with Crippen LogP contribution < -0.4 is 10.5 Å². The Morgan fingerprint density at radius 1 is 1.30 bits per heavy atom. The third kappa shape index (κ3) is 2.20. The average molecular weight is 308 g/mol. The Labute approximate surface area is 125 Å². The monoisotopic (exact) mass is 307 g/mol. The lowest BCUT2D eigenvalue weighted by Crippen LogP contribution is -2.10. The number of rotatable bonds is 3. The summed E-state index contributed by atoms with van der Waals surface area (Å²) in [4.78, 5) is 0.990. The zero-order valence-corrected chi connectivity index (χ0v) is 12.7. The van der Waals surface area contributed by atoms with Crippen LogP contribution in [-0.4, -0.2) is 7.11 Å². The first-order chi connectivity index (χ1) is 9.60. The molecule has 3 aromatic rings. The number of fused-ring (bicyclic) bond motifs is 1. The van der Waals surface area contributed by atoms with Crippen LogP contribution in [0.1, 0.15) is 22.2 Å². The van der Waals surface area contributed by atoms with Gasteiger partial charge < -0.3 is 14.9 Å². The summed E-state index contributed by atoms with van der Waals surface area (Å²) in [5.41, 5.74) is 8.13. The molecule has 3 nitrogen and oxygen atoms in total. The van der Waals surface area contributed by atoms with Gasteiger partial charge in [-0.25, -0.2) is 0 Å². The lowest BCUT2D eigenvalue weighted by molar-refractivity contribution is 0.414. The number of ether oxygens (including phenoxy) is 1. The maximum atomic E-state index is 6.29. The summed E-state index contributed by atoms with van der Waals surface area (Å²) >= 11 is 7.44. The van der Waals surface area contributed by atoms with Gasteiger partial charge in [0.05, 0.1) is 17.5 Å². The van der Waals surface area contributed by atoms with Gasteiger partial charge in [-0.15, -0.1) is 11.3 Å². The quantitative estimate of drug-likeness (QED) is 0.774. The zero-order valence-electron chi connectivity index (χ0n) is 11.1. The summed E-state index contributed by atoms with van der Waals surface area (Å²) in [6.45, 7) is 2.02. The number of thiophene rings is 1. The fraction of sp³-hybridized carbons (Fsp3) is 0.200. The average Bonchev–Trinajstić information content (AvgIpc) is 3.02. The number of furan rings is 1. The third-order valence-electron chi connectivity index (χ3n) is 3.37. The Balaban J connectivity index is 2.09. The van der Waals surface area contributed by atoms with Crippen LogP contribution in [0.25, 0.3) is 11.0 Å². The molecule has 0 saturated carbocycles. The van der Waals surface area contributed by atoms with Crippen LogP contribution in [0.4, 0.5) is 0 Å². The molecule has 1 aromatic carbocycles. The van der Waals surface area contributed by atoms with Gasteiger partial charge in [0.15, 0.2) is 0 Å². The minimum Gasteiger partial charge on any atom is -0.497 e. The molecule has 0 amide bonds. The highest BCUT2D eigenvalue weighted by atomic mass is 35.5. The maximum absolute atomic E-state index is 6.29. The van der Waals surface area contributed by atoms with Crippen molar-refractivity contribution in [2.75, 3.05) is 7.11 Å². The predicted octanol–water partition coefficient (Wildman–Crippen LogP) is 4.51. The molecule has 1 unspecified atom stereocenters. The SMILES string of the molecule is COc1ccc2c(C)c(C(N)c3ccc(Cl)s3)oc2c1. The second kappa shape index (κ2) is 5.13. The molecule has 0 spiro atoms. The van der Waals surface area contributed by atoms with Gasteiger partial charge in [-0.1, -0.05) is 11.6 Å². The van der Waals surface area contributed by atoms with Crippen LogP contribution in [-0.2, 0) is 0 Å². The molecule has 20 heavy (non-hydrogen) atoms. The topological polar surface area (TPSA) is 48.4 Å². The molecule has 0 radical (unpaired) electrons. The first-order valence-electron chi connectivity index (χ1n) is 6.18. The molecule has 104 valence electrons. The van der Waals surface area contributed by atoms with Gasteiger partial charge in [0.2, 0.25) is 0 Å². The van der Waals surface area contributed by atoms with Gasteiger partial charge in [0, 0.05) is 21.9 Å². The van der Waals surface area contributed by atoms with E-state index in [4.69, 9.17) is 26.5 Å². The van der Waals surface area contributed by atoms with Gasteiger partial charge in [0.1, 0.15) is 17.1 Å². The highest BCUT2D eigenvalue weighted by molar-refractivity contribution is 7.16. The Bertz CT molecular complexity index is 762. The lowest BCUT2D eigenvalue weighted by atomic mass is 10.1. The molecule has 0 fully saturated rings. The van der Waals surface area contributed by atoms with Crippen LogP contribution >= 0.6 is 22.9 Å². The smallest absolute Gasteiger partial charge is 0.138 e. The third-order valence-corrected chi connectivity index (χ3v) is 4.68. The Kier molecular flexibility index (Phi) is 3.46. The number of aryl methyl sites for hydroxylation is 1.